The second-order valence-corrected chi connectivity index (χ2v) is 6.26. The Labute approximate surface area is 149 Å². The number of nitrogens with one attached hydrogen (secondary N) is 1. The molecule has 0 amide bonds. The molecule has 0 saturated carbocycles. The quantitative estimate of drug-likeness (QED) is 0.623. The summed E-state index contributed by atoms with van der Waals surface area (Å²) in [6.45, 7) is 7.32. The van der Waals surface area contributed by atoms with Crippen LogP contribution in [0.5, 0.6) is 11.5 Å². The number of carboxylic acid groups (broad SMARTS) is 1. The first-order valence-corrected chi connectivity index (χ1v) is 8.75. The van der Waals surface area contributed by atoms with Crippen molar-refractivity contribution < 1.29 is 19.4 Å². The van der Waals surface area contributed by atoms with Gasteiger partial charge in [-0.2, -0.15) is 0 Å². The number of ether oxygens (including phenoxy) is 2. The van der Waals surface area contributed by atoms with Gasteiger partial charge in [-0.3, -0.25) is 4.79 Å². The Morgan fingerprint density at radius 1 is 1.29 bits per heavy atom. The highest BCUT2D eigenvalue weighted by atomic mass is 35.5. The van der Waals surface area contributed by atoms with E-state index >= 15 is 0 Å². The average molecular weight is 358 g/mol. The van der Waals surface area contributed by atoms with Crippen molar-refractivity contribution in [3.05, 3.63) is 22.7 Å². The molecule has 0 atom stereocenters. The summed E-state index contributed by atoms with van der Waals surface area (Å²) in [5.74, 6) is 0.369. The number of hydrogen-bond donors (Lipinski definition) is 2. The molecule has 1 aromatic rings. The van der Waals surface area contributed by atoms with Crippen LogP contribution in [0.15, 0.2) is 12.1 Å². The van der Waals surface area contributed by atoms with E-state index < -0.39 is 11.4 Å². The monoisotopic (exact) mass is 357 g/mol. The molecule has 0 saturated heterocycles. The van der Waals surface area contributed by atoms with E-state index in [1.54, 1.807) is 7.11 Å². The van der Waals surface area contributed by atoms with Gasteiger partial charge >= 0.3 is 5.97 Å². The summed E-state index contributed by atoms with van der Waals surface area (Å²) in [5.41, 5.74) is 0.185. The zero-order valence-corrected chi connectivity index (χ0v) is 15.7. The molecule has 2 N–H and O–H groups in total. The maximum Gasteiger partial charge on any atom is 0.310 e. The molecule has 0 bridgehead atoms. The SMILES string of the molecule is CCCOc1c(Cl)cc(CNCC(CC)(CC)C(=O)O)cc1OC. The van der Waals surface area contributed by atoms with Gasteiger partial charge in [-0.15, -0.1) is 0 Å². The minimum absolute atomic E-state index is 0.406. The highest BCUT2D eigenvalue weighted by molar-refractivity contribution is 6.32. The molecule has 0 heterocycles. The molecule has 0 spiro atoms. The van der Waals surface area contributed by atoms with E-state index in [1.165, 1.54) is 0 Å². The molecule has 0 fully saturated rings. The molecular weight excluding hydrogens is 330 g/mol. The van der Waals surface area contributed by atoms with E-state index in [2.05, 4.69) is 5.32 Å². The summed E-state index contributed by atoms with van der Waals surface area (Å²) in [4.78, 5) is 11.5. The van der Waals surface area contributed by atoms with Gasteiger partial charge in [0, 0.05) is 13.1 Å². The van der Waals surface area contributed by atoms with E-state index in [1.807, 2.05) is 32.9 Å². The summed E-state index contributed by atoms with van der Waals surface area (Å²) < 4.78 is 11.0. The number of benzene rings is 1. The first-order chi connectivity index (χ1) is 11.4. The highest BCUT2D eigenvalue weighted by Gasteiger charge is 2.34. The van der Waals surface area contributed by atoms with Crippen molar-refractivity contribution in [3.63, 3.8) is 0 Å². The van der Waals surface area contributed by atoms with Crippen LogP contribution >= 0.6 is 11.6 Å². The fraction of sp³-hybridized carbons (Fsp3) is 0.611. The number of carbonyl (C=O) groups is 1. The van der Waals surface area contributed by atoms with Gasteiger partial charge in [0.25, 0.3) is 0 Å². The van der Waals surface area contributed by atoms with Crippen LogP contribution in [0.25, 0.3) is 0 Å². The highest BCUT2D eigenvalue weighted by Crippen LogP contribution is 2.36. The van der Waals surface area contributed by atoms with Crippen molar-refractivity contribution in [2.24, 2.45) is 5.41 Å². The lowest BCUT2D eigenvalue weighted by molar-refractivity contribution is -0.149. The van der Waals surface area contributed by atoms with Crippen LogP contribution in [-0.2, 0) is 11.3 Å². The predicted octanol–water partition coefficient (Wildman–Crippen LogP) is 4.12. The van der Waals surface area contributed by atoms with E-state index in [0.717, 1.165) is 12.0 Å². The maximum absolute atomic E-state index is 11.5. The molecule has 5 nitrogen and oxygen atoms in total. The van der Waals surface area contributed by atoms with Crippen LogP contribution in [0.3, 0.4) is 0 Å². The van der Waals surface area contributed by atoms with Gasteiger partial charge in [0.15, 0.2) is 11.5 Å². The molecule has 1 rings (SSSR count). The number of aliphatic carboxylic acids is 1. The van der Waals surface area contributed by atoms with Crippen LogP contribution < -0.4 is 14.8 Å². The van der Waals surface area contributed by atoms with Gasteiger partial charge in [-0.1, -0.05) is 32.4 Å². The third-order valence-electron chi connectivity index (χ3n) is 4.34. The third kappa shape index (κ3) is 5.02. The van der Waals surface area contributed by atoms with Crippen LogP contribution in [0, 0.1) is 5.41 Å². The second kappa shape index (κ2) is 9.74. The van der Waals surface area contributed by atoms with Crippen LogP contribution in [0.4, 0.5) is 0 Å². The van der Waals surface area contributed by atoms with E-state index in [4.69, 9.17) is 21.1 Å². The average Bonchev–Trinajstić information content (AvgIpc) is 2.57. The summed E-state index contributed by atoms with van der Waals surface area (Å²) in [6.07, 6.45) is 2.05. The number of halogens is 1. The van der Waals surface area contributed by atoms with E-state index in [-0.39, 0.29) is 0 Å². The molecular formula is C18H28ClNO4. The lowest BCUT2D eigenvalue weighted by Gasteiger charge is -2.27. The normalized spacial score (nSPS) is 11.4. The smallest absolute Gasteiger partial charge is 0.310 e. The summed E-state index contributed by atoms with van der Waals surface area (Å²) >= 11 is 6.30. The number of methoxy groups -OCH3 is 1. The van der Waals surface area contributed by atoms with Crippen molar-refractivity contribution in [1.29, 1.82) is 0 Å². The lowest BCUT2D eigenvalue weighted by Crippen LogP contribution is -2.40. The molecule has 6 heteroatoms. The van der Waals surface area contributed by atoms with E-state index in [0.29, 0.717) is 49.1 Å². The Kier molecular flexibility index (Phi) is 8.36. The summed E-state index contributed by atoms with van der Waals surface area (Å²) in [6, 6.07) is 3.69. The fourth-order valence-electron chi connectivity index (χ4n) is 2.54. The zero-order chi connectivity index (χ0) is 18.2. The molecule has 0 aliphatic heterocycles. The first-order valence-electron chi connectivity index (χ1n) is 8.37. The summed E-state index contributed by atoms with van der Waals surface area (Å²) in [7, 11) is 1.57. The second-order valence-electron chi connectivity index (χ2n) is 5.85. The van der Waals surface area contributed by atoms with Crippen LogP contribution in [0.2, 0.25) is 5.02 Å². The van der Waals surface area contributed by atoms with Gasteiger partial charge in [-0.25, -0.2) is 0 Å². The Balaban J connectivity index is 2.82. The van der Waals surface area contributed by atoms with Crippen LogP contribution in [-0.4, -0.2) is 31.3 Å². The van der Waals surface area contributed by atoms with Crippen LogP contribution in [0.1, 0.15) is 45.6 Å². The van der Waals surface area contributed by atoms with Crippen molar-refractivity contribution in [1.82, 2.24) is 5.32 Å². The van der Waals surface area contributed by atoms with Crippen molar-refractivity contribution in [2.75, 3.05) is 20.3 Å². The number of carboxylic acids is 1. The molecule has 0 radical (unpaired) electrons. The number of rotatable bonds is 11. The minimum atomic E-state index is -0.765. The molecule has 1 aromatic carbocycles. The fourth-order valence-corrected chi connectivity index (χ4v) is 2.83. The topological polar surface area (TPSA) is 67.8 Å². The third-order valence-corrected chi connectivity index (χ3v) is 4.62. The van der Waals surface area contributed by atoms with Gasteiger partial charge in [-0.05, 0) is 37.0 Å². The van der Waals surface area contributed by atoms with Gasteiger partial charge in [0.05, 0.1) is 24.2 Å². The van der Waals surface area contributed by atoms with Crippen molar-refractivity contribution in [3.8, 4) is 11.5 Å². The molecule has 136 valence electrons. The Bertz CT molecular complexity index is 544. The van der Waals surface area contributed by atoms with Gasteiger partial charge in [0.1, 0.15) is 0 Å². The van der Waals surface area contributed by atoms with Crippen molar-refractivity contribution >= 4 is 17.6 Å². The van der Waals surface area contributed by atoms with Crippen molar-refractivity contribution in [2.45, 2.75) is 46.6 Å². The molecule has 0 aromatic heterocycles. The maximum atomic E-state index is 11.5. The largest absolute Gasteiger partial charge is 0.493 e. The molecule has 24 heavy (non-hydrogen) atoms. The minimum Gasteiger partial charge on any atom is -0.493 e. The Hall–Kier alpha value is -1.46. The molecule has 0 aliphatic carbocycles. The Morgan fingerprint density at radius 2 is 1.96 bits per heavy atom. The first kappa shape index (κ1) is 20.6. The standard InChI is InChI=1S/C18H28ClNO4/c1-5-8-24-16-14(19)9-13(10-15(16)23-4)11-20-12-18(6-2,7-3)17(21)22/h9-10,20H,5-8,11-12H2,1-4H3,(H,21,22). The lowest BCUT2D eigenvalue weighted by atomic mass is 9.82. The van der Waals surface area contributed by atoms with Gasteiger partial charge < -0.3 is 19.9 Å². The van der Waals surface area contributed by atoms with Gasteiger partial charge in [0.2, 0.25) is 0 Å². The van der Waals surface area contributed by atoms with E-state index in [9.17, 15) is 9.90 Å². The molecule has 0 unspecified atom stereocenters. The zero-order valence-electron chi connectivity index (χ0n) is 14.9. The Morgan fingerprint density at radius 3 is 2.46 bits per heavy atom. The number of hydrogen-bond acceptors (Lipinski definition) is 4. The summed E-state index contributed by atoms with van der Waals surface area (Å²) in [5, 5.41) is 13.2. The predicted molar refractivity (Wildman–Crippen MR) is 96.1 cm³/mol. The molecule has 0 aliphatic rings.